The number of rotatable bonds is 3. The first kappa shape index (κ1) is 15.6. The van der Waals surface area contributed by atoms with Crippen molar-refractivity contribution in [1.29, 1.82) is 0 Å². The van der Waals surface area contributed by atoms with Crippen molar-refractivity contribution >= 4 is 46.4 Å². The molecule has 0 amide bonds. The minimum absolute atomic E-state index is 0.339. The summed E-state index contributed by atoms with van der Waals surface area (Å²) in [6.07, 6.45) is 0.644. The van der Waals surface area contributed by atoms with E-state index in [1.54, 1.807) is 6.92 Å². The zero-order valence-corrected chi connectivity index (χ0v) is 13.7. The van der Waals surface area contributed by atoms with Crippen LogP contribution >= 0.6 is 46.4 Å². The monoisotopic (exact) mass is 350 g/mol. The van der Waals surface area contributed by atoms with Crippen LogP contribution in [0.25, 0.3) is 0 Å². The van der Waals surface area contributed by atoms with Crippen molar-refractivity contribution in [3.63, 3.8) is 0 Å². The summed E-state index contributed by atoms with van der Waals surface area (Å²) in [7, 11) is 0. The highest BCUT2D eigenvalue weighted by Gasteiger charge is 2.14. The standard InChI is InChI=1S/C13H10Cl4N2O/c1-3-11-18-12(17)6(2)13(19-11)20-10-5-8(15)7(14)4-9(10)16/h4-5H,3H2,1-2H3. The van der Waals surface area contributed by atoms with Crippen molar-refractivity contribution in [3.05, 3.63) is 43.7 Å². The Morgan fingerprint density at radius 1 is 1.00 bits per heavy atom. The zero-order valence-electron chi connectivity index (χ0n) is 10.7. The molecule has 0 bridgehead atoms. The molecule has 0 saturated carbocycles. The number of aryl methyl sites for hydroxylation is 1. The summed E-state index contributed by atoms with van der Waals surface area (Å²) in [6, 6.07) is 3.05. The van der Waals surface area contributed by atoms with Crippen LogP contribution in [0.4, 0.5) is 0 Å². The third-order valence-corrected chi connectivity index (χ3v) is 3.97. The average Bonchev–Trinajstić information content (AvgIpc) is 2.40. The fraction of sp³-hybridized carbons (Fsp3) is 0.231. The van der Waals surface area contributed by atoms with Crippen LogP contribution in [0.2, 0.25) is 20.2 Å². The van der Waals surface area contributed by atoms with Crippen LogP contribution in [0.15, 0.2) is 12.1 Å². The molecule has 1 heterocycles. The molecule has 1 aromatic carbocycles. The highest BCUT2D eigenvalue weighted by molar-refractivity contribution is 6.43. The van der Waals surface area contributed by atoms with Gasteiger partial charge in [-0.25, -0.2) is 4.98 Å². The Morgan fingerprint density at radius 3 is 2.30 bits per heavy atom. The molecule has 0 saturated heterocycles. The van der Waals surface area contributed by atoms with Gasteiger partial charge < -0.3 is 4.74 Å². The molecule has 0 aliphatic heterocycles. The van der Waals surface area contributed by atoms with Crippen LogP contribution in [0.1, 0.15) is 18.3 Å². The van der Waals surface area contributed by atoms with Crippen molar-refractivity contribution in [1.82, 2.24) is 9.97 Å². The summed E-state index contributed by atoms with van der Waals surface area (Å²) in [5.74, 6) is 1.30. The third-order valence-electron chi connectivity index (χ3n) is 2.59. The van der Waals surface area contributed by atoms with Gasteiger partial charge in [0.25, 0.3) is 0 Å². The second-order valence-corrected chi connectivity index (χ2v) is 5.59. The van der Waals surface area contributed by atoms with Gasteiger partial charge in [0.1, 0.15) is 16.7 Å². The Balaban J connectivity index is 2.44. The minimum Gasteiger partial charge on any atom is -0.437 e. The smallest absolute Gasteiger partial charge is 0.227 e. The van der Waals surface area contributed by atoms with Crippen molar-refractivity contribution in [2.45, 2.75) is 20.3 Å². The largest absolute Gasteiger partial charge is 0.437 e. The number of aromatic nitrogens is 2. The second-order valence-electron chi connectivity index (χ2n) is 4.01. The van der Waals surface area contributed by atoms with Crippen LogP contribution < -0.4 is 4.74 Å². The van der Waals surface area contributed by atoms with Crippen LogP contribution in [0.5, 0.6) is 11.6 Å². The molecule has 2 aromatic rings. The fourth-order valence-corrected chi connectivity index (χ4v) is 2.21. The number of hydrogen-bond acceptors (Lipinski definition) is 3. The predicted octanol–water partition coefficient (Wildman–Crippen LogP) is 5.75. The van der Waals surface area contributed by atoms with E-state index in [1.165, 1.54) is 12.1 Å². The number of hydrogen-bond donors (Lipinski definition) is 0. The van der Waals surface area contributed by atoms with Crippen LogP contribution in [-0.2, 0) is 6.42 Å². The van der Waals surface area contributed by atoms with E-state index >= 15 is 0 Å². The zero-order chi connectivity index (χ0) is 14.9. The van der Waals surface area contributed by atoms with Crippen LogP contribution in [0, 0.1) is 6.92 Å². The van der Waals surface area contributed by atoms with Crippen molar-refractivity contribution in [2.75, 3.05) is 0 Å². The first-order valence-electron chi connectivity index (χ1n) is 5.77. The van der Waals surface area contributed by atoms with Gasteiger partial charge in [-0.05, 0) is 13.0 Å². The third kappa shape index (κ3) is 3.29. The lowest BCUT2D eigenvalue weighted by molar-refractivity contribution is 0.455. The van der Waals surface area contributed by atoms with E-state index in [1.807, 2.05) is 6.92 Å². The van der Waals surface area contributed by atoms with Gasteiger partial charge in [0, 0.05) is 18.1 Å². The summed E-state index contributed by atoms with van der Waals surface area (Å²) in [4.78, 5) is 8.43. The van der Waals surface area contributed by atoms with E-state index in [0.717, 1.165) is 0 Å². The molecule has 0 radical (unpaired) electrons. The van der Waals surface area contributed by atoms with Gasteiger partial charge in [-0.1, -0.05) is 53.3 Å². The van der Waals surface area contributed by atoms with E-state index in [-0.39, 0.29) is 0 Å². The number of nitrogens with zero attached hydrogens (tertiary/aromatic N) is 2. The minimum atomic E-state index is 0.339. The molecule has 0 N–H and O–H groups in total. The Morgan fingerprint density at radius 2 is 1.65 bits per heavy atom. The second kappa shape index (κ2) is 6.35. The summed E-state index contributed by atoms with van der Waals surface area (Å²) in [5.41, 5.74) is 0.631. The molecular weight excluding hydrogens is 342 g/mol. The lowest BCUT2D eigenvalue weighted by Crippen LogP contribution is -2.00. The van der Waals surface area contributed by atoms with Crippen molar-refractivity contribution < 1.29 is 4.74 Å². The lowest BCUT2D eigenvalue weighted by Gasteiger charge is -2.11. The van der Waals surface area contributed by atoms with Crippen molar-refractivity contribution in [3.8, 4) is 11.6 Å². The molecule has 0 unspecified atom stereocenters. The fourth-order valence-electron chi connectivity index (χ4n) is 1.46. The molecule has 3 nitrogen and oxygen atoms in total. The van der Waals surface area contributed by atoms with Gasteiger partial charge in [-0.3, -0.25) is 0 Å². The molecule has 2 rings (SSSR count). The van der Waals surface area contributed by atoms with E-state index in [0.29, 0.717) is 49.7 Å². The topological polar surface area (TPSA) is 35.0 Å². The molecule has 106 valence electrons. The van der Waals surface area contributed by atoms with Gasteiger partial charge in [-0.2, -0.15) is 4.98 Å². The summed E-state index contributed by atoms with van der Waals surface area (Å²) in [6.45, 7) is 3.69. The summed E-state index contributed by atoms with van der Waals surface area (Å²) < 4.78 is 5.69. The number of benzene rings is 1. The molecule has 0 aliphatic carbocycles. The molecule has 0 spiro atoms. The Kier molecular flexibility index (Phi) is 4.97. The first-order chi connectivity index (χ1) is 9.42. The van der Waals surface area contributed by atoms with Gasteiger partial charge in [0.2, 0.25) is 5.88 Å². The SMILES string of the molecule is CCc1nc(Cl)c(C)c(Oc2cc(Cl)c(Cl)cc2Cl)n1. The van der Waals surface area contributed by atoms with Gasteiger partial charge in [0.05, 0.1) is 15.1 Å². The molecule has 0 atom stereocenters. The Labute approximate surface area is 136 Å². The molecule has 1 aromatic heterocycles. The molecule has 0 aliphatic rings. The molecule has 7 heteroatoms. The predicted molar refractivity (Wildman–Crippen MR) is 82.7 cm³/mol. The summed E-state index contributed by atoms with van der Waals surface area (Å²) in [5, 5.41) is 1.39. The van der Waals surface area contributed by atoms with Gasteiger partial charge in [-0.15, -0.1) is 0 Å². The van der Waals surface area contributed by atoms with E-state index < -0.39 is 0 Å². The maximum atomic E-state index is 6.07. The van der Waals surface area contributed by atoms with Crippen molar-refractivity contribution in [2.24, 2.45) is 0 Å². The molecule has 0 fully saturated rings. The lowest BCUT2D eigenvalue weighted by atomic mass is 10.3. The molecular formula is C13H10Cl4N2O. The highest BCUT2D eigenvalue weighted by atomic mass is 35.5. The van der Waals surface area contributed by atoms with E-state index in [9.17, 15) is 0 Å². The number of ether oxygens (including phenoxy) is 1. The average molecular weight is 352 g/mol. The number of halogens is 4. The maximum absolute atomic E-state index is 6.07. The van der Waals surface area contributed by atoms with Crippen LogP contribution in [0.3, 0.4) is 0 Å². The summed E-state index contributed by atoms with van der Waals surface area (Å²) >= 11 is 23.9. The Hall–Kier alpha value is -0.740. The van der Waals surface area contributed by atoms with Gasteiger partial charge in [0.15, 0.2) is 0 Å². The van der Waals surface area contributed by atoms with E-state index in [2.05, 4.69) is 9.97 Å². The van der Waals surface area contributed by atoms with Crippen LogP contribution in [-0.4, -0.2) is 9.97 Å². The first-order valence-corrected chi connectivity index (χ1v) is 7.29. The molecule has 20 heavy (non-hydrogen) atoms. The highest BCUT2D eigenvalue weighted by Crippen LogP contribution is 2.37. The quantitative estimate of drug-likeness (QED) is 0.521. The maximum Gasteiger partial charge on any atom is 0.227 e. The Bertz CT molecular complexity index is 661. The normalized spacial score (nSPS) is 10.7. The van der Waals surface area contributed by atoms with Gasteiger partial charge >= 0.3 is 0 Å². The van der Waals surface area contributed by atoms with E-state index in [4.69, 9.17) is 51.1 Å².